The minimum Gasteiger partial charge on any atom is -0.321 e. The average molecular weight is 334 g/mol. The Balaban J connectivity index is 2.15. The van der Waals surface area contributed by atoms with Crippen LogP contribution in [0.3, 0.4) is 0 Å². The third-order valence-corrected chi connectivity index (χ3v) is 6.92. The summed E-state index contributed by atoms with van der Waals surface area (Å²) in [5, 5.41) is 1.03. The van der Waals surface area contributed by atoms with Gasteiger partial charge in [-0.3, -0.25) is 0 Å². The van der Waals surface area contributed by atoms with E-state index in [1.165, 1.54) is 5.56 Å². The molecule has 0 aliphatic carbocycles. The van der Waals surface area contributed by atoms with Crippen molar-refractivity contribution in [1.82, 2.24) is 0 Å². The predicted molar refractivity (Wildman–Crippen MR) is 104 cm³/mol. The molecule has 0 aliphatic rings. The van der Waals surface area contributed by atoms with Gasteiger partial charge >= 0.3 is 0 Å². The molecule has 0 saturated heterocycles. The summed E-state index contributed by atoms with van der Waals surface area (Å²) in [6.07, 6.45) is 0. The minimum atomic E-state index is -2.04. The van der Waals surface area contributed by atoms with Gasteiger partial charge in [0.1, 0.15) is 7.80 Å². The van der Waals surface area contributed by atoms with E-state index in [9.17, 15) is 4.57 Å². The van der Waals surface area contributed by atoms with Crippen LogP contribution in [0, 0.1) is 20.8 Å². The van der Waals surface area contributed by atoms with Crippen molar-refractivity contribution in [3.8, 4) is 0 Å². The van der Waals surface area contributed by atoms with E-state index in [4.69, 9.17) is 0 Å². The lowest BCUT2D eigenvalue weighted by Crippen LogP contribution is -2.12. The Bertz CT molecular complexity index is 791. The Morgan fingerprint density at radius 3 is 1.54 bits per heavy atom. The first-order valence-corrected chi connectivity index (χ1v) is 9.78. The normalized spacial score (nSPS) is 12.3. The number of aryl methyl sites for hydroxylation is 3. The van der Waals surface area contributed by atoms with Crippen LogP contribution in [0.1, 0.15) is 33.5 Å². The largest absolute Gasteiger partial charge is 0.321 e. The van der Waals surface area contributed by atoms with Crippen molar-refractivity contribution in [3.63, 3.8) is 0 Å². The molecule has 122 valence electrons. The van der Waals surface area contributed by atoms with Gasteiger partial charge in [-0.25, -0.2) is 0 Å². The van der Waals surface area contributed by atoms with Gasteiger partial charge in [-0.05, 0) is 43.0 Å². The highest BCUT2D eigenvalue weighted by Gasteiger charge is 2.24. The maximum Gasteiger partial charge on any atom is 0.116 e. The molecule has 24 heavy (non-hydrogen) atoms. The molecule has 2 heteroatoms. The van der Waals surface area contributed by atoms with Crippen molar-refractivity contribution in [2.24, 2.45) is 0 Å². The van der Waals surface area contributed by atoms with Gasteiger partial charge in [0.05, 0.1) is 5.66 Å². The molecule has 3 aromatic carbocycles. The van der Waals surface area contributed by atoms with E-state index in [2.05, 4.69) is 57.2 Å². The topological polar surface area (TPSA) is 17.1 Å². The Morgan fingerprint density at radius 2 is 1.12 bits per heavy atom. The van der Waals surface area contributed by atoms with Gasteiger partial charge in [0.2, 0.25) is 0 Å². The van der Waals surface area contributed by atoms with Crippen molar-refractivity contribution in [3.05, 3.63) is 101 Å². The molecule has 1 atom stereocenters. The second-order valence-electron chi connectivity index (χ2n) is 6.39. The predicted octanol–water partition coefficient (Wildman–Crippen LogP) is 5.59. The van der Waals surface area contributed by atoms with Crippen LogP contribution in [0.2, 0.25) is 0 Å². The number of hydrogen-bond acceptors (Lipinski definition) is 1. The Kier molecular flexibility index (Phi) is 5.02. The fourth-order valence-corrected chi connectivity index (χ4v) is 5.70. The van der Waals surface area contributed by atoms with E-state index in [1.54, 1.807) is 0 Å². The summed E-state index contributed by atoms with van der Waals surface area (Å²) >= 11 is 0. The molecular formula is C22H23OP. The molecule has 0 saturated carbocycles. The summed E-state index contributed by atoms with van der Waals surface area (Å²) < 4.78 is 13.7. The molecule has 0 radical (unpaired) electrons. The van der Waals surface area contributed by atoms with Crippen LogP contribution < -0.4 is 5.30 Å². The van der Waals surface area contributed by atoms with Crippen LogP contribution >= 0.6 is 7.80 Å². The lowest BCUT2D eigenvalue weighted by atomic mass is 10.0. The molecule has 0 heterocycles. The summed E-state index contributed by atoms with van der Waals surface area (Å²) in [6.45, 7) is 6.24. The fourth-order valence-electron chi connectivity index (χ4n) is 3.50. The molecule has 0 aromatic heterocycles. The Labute approximate surface area is 145 Å². The van der Waals surface area contributed by atoms with Crippen molar-refractivity contribution in [1.29, 1.82) is 0 Å². The third kappa shape index (κ3) is 3.37. The van der Waals surface area contributed by atoms with Gasteiger partial charge < -0.3 is 4.57 Å². The summed E-state index contributed by atoms with van der Waals surface area (Å²) in [5.41, 5.74) is 5.64. The molecule has 1 unspecified atom stereocenters. The SMILES string of the molecule is Cc1cc(C)c([PH](=O)C(c2ccccc2)c2ccccc2)c(C)c1. The first-order chi connectivity index (χ1) is 11.6. The maximum atomic E-state index is 13.7. The smallest absolute Gasteiger partial charge is 0.116 e. The monoisotopic (exact) mass is 334 g/mol. The molecule has 3 aromatic rings. The number of rotatable bonds is 4. The first-order valence-electron chi connectivity index (χ1n) is 8.30. The number of benzene rings is 3. The van der Waals surface area contributed by atoms with E-state index >= 15 is 0 Å². The van der Waals surface area contributed by atoms with Crippen LogP contribution in [0.5, 0.6) is 0 Å². The van der Waals surface area contributed by atoms with Crippen LogP contribution in [0.15, 0.2) is 72.8 Å². The van der Waals surface area contributed by atoms with Gasteiger partial charge in [-0.15, -0.1) is 0 Å². The fraction of sp³-hybridized carbons (Fsp3) is 0.182. The molecule has 0 aliphatic heterocycles. The van der Waals surface area contributed by atoms with E-state index in [0.29, 0.717) is 0 Å². The van der Waals surface area contributed by atoms with E-state index < -0.39 is 7.80 Å². The minimum absolute atomic E-state index is 0.0856. The molecular weight excluding hydrogens is 311 g/mol. The van der Waals surface area contributed by atoms with E-state index in [0.717, 1.165) is 27.6 Å². The molecule has 0 N–H and O–H groups in total. The molecule has 3 rings (SSSR count). The second-order valence-corrected chi connectivity index (χ2v) is 8.20. The van der Waals surface area contributed by atoms with Crippen LogP contribution in [0.25, 0.3) is 0 Å². The lowest BCUT2D eigenvalue weighted by molar-refractivity contribution is 0.589. The lowest BCUT2D eigenvalue weighted by Gasteiger charge is -2.21. The van der Waals surface area contributed by atoms with E-state index in [-0.39, 0.29) is 5.66 Å². The molecule has 0 bridgehead atoms. The van der Waals surface area contributed by atoms with Gasteiger partial charge in [0.15, 0.2) is 0 Å². The van der Waals surface area contributed by atoms with Crippen molar-refractivity contribution < 1.29 is 4.57 Å². The summed E-state index contributed by atoms with van der Waals surface area (Å²) in [5.74, 6) is 0. The van der Waals surface area contributed by atoms with Gasteiger partial charge in [-0.1, -0.05) is 78.4 Å². The summed E-state index contributed by atoms with van der Waals surface area (Å²) in [4.78, 5) is 0. The zero-order chi connectivity index (χ0) is 17.1. The molecule has 0 fully saturated rings. The first kappa shape index (κ1) is 16.7. The molecule has 0 spiro atoms. The summed E-state index contributed by atoms with van der Waals surface area (Å²) in [7, 11) is -2.04. The van der Waals surface area contributed by atoms with Crippen LogP contribution in [-0.4, -0.2) is 0 Å². The Morgan fingerprint density at radius 1 is 0.708 bits per heavy atom. The zero-order valence-corrected chi connectivity index (χ0v) is 15.4. The highest BCUT2D eigenvalue weighted by Crippen LogP contribution is 2.46. The van der Waals surface area contributed by atoms with Crippen molar-refractivity contribution in [2.45, 2.75) is 26.4 Å². The van der Waals surface area contributed by atoms with Crippen molar-refractivity contribution in [2.75, 3.05) is 0 Å². The third-order valence-electron chi connectivity index (χ3n) is 4.45. The van der Waals surface area contributed by atoms with Crippen LogP contribution in [0.4, 0.5) is 0 Å². The second kappa shape index (κ2) is 7.20. The van der Waals surface area contributed by atoms with Crippen molar-refractivity contribution >= 4 is 13.1 Å². The molecule has 0 amide bonds. The quantitative estimate of drug-likeness (QED) is 0.569. The standard InChI is InChI=1S/C22H23OP/c1-16-14-17(2)21(18(3)15-16)24(23)22(19-10-6-4-7-11-19)20-12-8-5-9-13-20/h4-15,22,24H,1-3H3. The van der Waals surface area contributed by atoms with Crippen LogP contribution in [-0.2, 0) is 4.57 Å². The van der Waals surface area contributed by atoms with Gasteiger partial charge in [0, 0.05) is 5.30 Å². The number of hydrogen-bond donors (Lipinski definition) is 0. The summed E-state index contributed by atoms with van der Waals surface area (Å²) in [6, 6.07) is 24.7. The molecule has 1 nitrogen and oxygen atoms in total. The maximum absolute atomic E-state index is 13.7. The average Bonchev–Trinajstić information content (AvgIpc) is 2.56. The van der Waals surface area contributed by atoms with E-state index in [1.807, 2.05) is 36.4 Å². The Hall–Kier alpha value is -2.11. The zero-order valence-electron chi connectivity index (χ0n) is 14.4. The van der Waals surface area contributed by atoms with Gasteiger partial charge in [-0.2, -0.15) is 0 Å². The highest BCUT2D eigenvalue weighted by atomic mass is 31.1. The highest BCUT2D eigenvalue weighted by molar-refractivity contribution is 7.54. The van der Waals surface area contributed by atoms with Gasteiger partial charge in [0.25, 0.3) is 0 Å².